The smallest absolute Gasteiger partial charge is 0.303 e. The quantitative estimate of drug-likeness (QED) is 0.711. The molecule has 5 heteroatoms. The third-order valence-electron chi connectivity index (χ3n) is 2.50. The van der Waals surface area contributed by atoms with E-state index in [1.165, 1.54) is 12.1 Å². The minimum absolute atomic E-state index is 0.0423. The zero-order valence-corrected chi connectivity index (χ0v) is 10.2. The number of aliphatic carboxylic acids is 1. The first kappa shape index (κ1) is 14.0. The van der Waals surface area contributed by atoms with Crippen molar-refractivity contribution in [2.45, 2.75) is 32.2 Å². The highest BCUT2D eigenvalue weighted by Crippen LogP contribution is 2.10. The Morgan fingerprint density at radius 2 is 1.89 bits per heavy atom. The average Bonchev–Trinajstić information content (AvgIpc) is 2.29. The lowest BCUT2D eigenvalue weighted by Crippen LogP contribution is -2.34. The Bertz CT molecular complexity index is 414. The van der Waals surface area contributed by atoms with Gasteiger partial charge in [0.25, 0.3) is 0 Å². The standard InChI is InChI=1S/C13H17NO4/c1-9(2-7-13(17)18)14-12(16)8-10-3-5-11(15)6-4-10/h3-6,9,15H,2,7-8H2,1H3,(H,14,16)(H,17,18). The largest absolute Gasteiger partial charge is 0.508 e. The van der Waals surface area contributed by atoms with Crippen molar-refractivity contribution >= 4 is 11.9 Å². The fourth-order valence-electron chi connectivity index (χ4n) is 1.54. The fraction of sp³-hybridized carbons (Fsp3) is 0.385. The summed E-state index contributed by atoms with van der Waals surface area (Å²) in [6.07, 6.45) is 0.676. The van der Waals surface area contributed by atoms with E-state index in [2.05, 4.69) is 5.32 Å². The Balaban J connectivity index is 2.37. The number of aromatic hydroxyl groups is 1. The van der Waals surface area contributed by atoms with E-state index in [0.29, 0.717) is 6.42 Å². The maximum Gasteiger partial charge on any atom is 0.303 e. The van der Waals surface area contributed by atoms with E-state index < -0.39 is 5.97 Å². The number of carboxylic acids is 1. The number of amides is 1. The highest BCUT2D eigenvalue weighted by Gasteiger charge is 2.09. The van der Waals surface area contributed by atoms with E-state index in [9.17, 15) is 9.59 Å². The van der Waals surface area contributed by atoms with Crippen LogP contribution in [0.2, 0.25) is 0 Å². The van der Waals surface area contributed by atoms with Gasteiger partial charge in [-0.05, 0) is 31.0 Å². The van der Waals surface area contributed by atoms with E-state index in [0.717, 1.165) is 5.56 Å². The molecule has 0 aliphatic rings. The van der Waals surface area contributed by atoms with Gasteiger partial charge in [-0.2, -0.15) is 0 Å². The average molecular weight is 251 g/mol. The number of carbonyl (C=O) groups is 2. The normalized spacial score (nSPS) is 11.8. The van der Waals surface area contributed by atoms with Gasteiger partial charge < -0.3 is 15.5 Å². The number of carboxylic acid groups (broad SMARTS) is 1. The molecule has 0 heterocycles. The Morgan fingerprint density at radius 1 is 1.28 bits per heavy atom. The molecule has 1 amide bonds. The fourth-order valence-corrected chi connectivity index (χ4v) is 1.54. The van der Waals surface area contributed by atoms with Crippen LogP contribution < -0.4 is 5.32 Å². The van der Waals surface area contributed by atoms with Crippen molar-refractivity contribution in [1.82, 2.24) is 5.32 Å². The Hall–Kier alpha value is -2.04. The molecule has 1 unspecified atom stereocenters. The second-order valence-corrected chi connectivity index (χ2v) is 4.24. The molecule has 0 aromatic heterocycles. The topological polar surface area (TPSA) is 86.6 Å². The summed E-state index contributed by atoms with van der Waals surface area (Å²) in [5, 5.41) is 20.4. The van der Waals surface area contributed by atoms with Crippen molar-refractivity contribution in [2.24, 2.45) is 0 Å². The monoisotopic (exact) mass is 251 g/mol. The van der Waals surface area contributed by atoms with E-state index in [4.69, 9.17) is 10.2 Å². The van der Waals surface area contributed by atoms with Crippen LogP contribution in [0.3, 0.4) is 0 Å². The minimum Gasteiger partial charge on any atom is -0.508 e. The lowest BCUT2D eigenvalue weighted by Gasteiger charge is -2.12. The van der Waals surface area contributed by atoms with Gasteiger partial charge in [0, 0.05) is 12.5 Å². The van der Waals surface area contributed by atoms with Gasteiger partial charge >= 0.3 is 5.97 Å². The molecule has 0 fully saturated rings. The maximum atomic E-state index is 11.6. The number of nitrogens with one attached hydrogen (secondary N) is 1. The summed E-state index contributed by atoms with van der Waals surface area (Å²) in [4.78, 5) is 22.0. The molecule has 0 saturated carbocycles. The molecule has 1 rings (SSSR count). The number of hydrogen-bond donors (Lipinski definition) is 3. The van der Waals surface area contributed by atoms with E-state index in [1.807, 2.05) is 0 Å². The van der Waals surface area contributed by atoms with Gasteiger partial charge in [0.15, 0.2) is 0 Å². The first-order chi connectivity index (χ1) is 8.47. The second-order valence-electron chi connectivity index (χ2n) is 4.24. The van der Waals surface area contributed by atoms with Crippen LogP contribution in [-0.4, -0.2) is 28.1 Å². The van der Waals surface area contributed by atoms with Crippen LogP contribution in [0.1, 0.15) is 25.3 Å². The summed E-state index contributed by atoms with van der Waals surface area (Å²) in [5.74, 6) is -0.859. The zero-order valence-electron chi connectivity index (χ0n) is 10.2. The lowest BCUT2D eigenvalue weighted by molar-refractivity contribution is -0.137. The van der Waals surface area contributed by atoms with Gasteiger partial charge in [-0.3, -0.25) is 9.59 Å². The van der Waals surface area contributed by atoms with E-state index in [-0.39, 0.29) is 30.5 Å². The van der Waals surface area contributed by atoms with Gasteiger partial charge in [0.2, 0.25) is 5.91 Å². The molecular weight excluding hydrogens is 234 g/mol. The number of hydrogen-bond acceptors (Lipinski definition) is 3. The Labute approximate surface area is 105 Å². The van der Waals surface area contributed by atoms with E-state index in [1.54, 1.807) is 19.1 Å². The van der Waals surface area contributed by atoms with Crippen molar-refractivity contribution < 1.29 is 19.8 Å². The van der Waals surface area contributed by atoms with Crippen molar-refractivity contribution in [3.63, 3.8) is 0 Å². The first-order valence-corrected chi connectivity index (χ1v) is 5.76. The minimum atomic E-state index is -0.866. The summed E-state index contributed by atoms with van der Waals surface area (Å²) < 4.78 is 0. The van der Waals surface area contributed by atoms with Gasteiger partial charge in [0.05, 0.1) is 6.42 Å². The molecule has 0 saturated heterocycles. The predicted octanol–water partition coefficient (Wildman–Crippen LogP) is 1.30. The van der Waals surface area contributed by atoms with Gasteiger partial charge in [-0.1, -0.05) is 12.1 Å². The maximum absolute atomic E-state index is 11.6. The van der Waals surface area contributed by atoms with Crippen molar-refractivity contribution in [3.8, 4) is 5.75 Å². The van der Waals surface area contributed by atoms with Crippen molar-refractivity contribution in [3.05, 3.63) is 29.8 Å². The predicted molar refractivity (Wildman–Crippen MR) is 66.3 cm³/mol. The van der Waals surface area contributed by atoms with Crippen LogP contribution in [0.5, 0.6) is 5.75 Å². The van der Waals surface area contributed by atoms with Crippen molar-refractivity contribution in [2.75, 3.05) is 0 Å². The first-order valence-electron chi connectivity index (χ1n) is 5.76. The molecule has 1 aromatic carbocycles. The van der Waals surface area contributed by atoms with Crippen LogP contribution in [0.25, 0.3) is 0 Å². The number of phenolic OH excluding ortho intramolecular Hbond substituents is 1. The molecule has 1 atom stereocenters. The molecule has 5 nitrogen and oxygen atoms in total. The van der Waals surface area contributed by atoms with Crippen molar-refractivity contribution in [1.29, 1.82) is 0 Å². The van der Waals surface area contributed by atoms with Crippen LogP contribution in [0, 0.1) is 0 Å². The molecule has 98 valence electrons. The molecule has 0 aliphatic carbocycles. The van der Waals surface area contributed by atoms with Gasteiger partial charge in [0.1, 0.15) is 5.75 Å². The summed E-state index contributed by atoms with van der Waals surface area (Å²) in [6, 6.07) is 6.24. The van der Waals surface area contributed by atoms with Crippen LogP contribution >= 0.6 is 0 Å². The molecule has 0 radical (unpaired) electrons. The Morgan fingerprint density at radius 3 is 2.44 bits per heavy atom. The van der Waals surface area contributed by atoms with Crippen LogP contribution in [0.15, 0.2) is 24.3 Å². The second kappa shape index (κ2) is 6.64. The molecule has 0 aliphatic heterocycles. The van der Waals surface area contributed by atoms with E-state index >= 15 is 0 Å². The number of benzene rings is 1. The third kappa shape index (κ3) is 5.34. The van der Waals surface area contributed by atoms with Crippen LogP contribution in [0.4, 0.5) is 0 Å². The summed E-state index contributed by atoms with van der Waals surface area (Å²) in [6.45, 7) is 1.78. The summed E-state index contributed by atoms with van der Waals surface area (Å²) in [7, 11) is 0. The molecule has 3 N–H and O–H groups in total. The SMILES string of the molecule is CC(CCC(=O)O)NC(=O)Cc1ccc(O)cc1. The zero-order chi connectivity index (χ0) is 13.5. The molecular formula is C13H17NO4. The van der Waals surface area contributed by atoms with Gasteiger partial charge in [-0.25, -0.2) is 0 Å². The number of rotatable bonds is 6. The molecule has 1 aromatic rings. The number of phenols is 1. The van der Waals surface area contributed by atoms with Crippen LogP contribution in [-0.2, 0) is 16.0 Å². The Kier molecular flexibility index (Phi) is 5.17. The summed E-state index contributed by atoms with van der Waals surface area (Å²) >= 11 is 0. The molecule has 0 bridgehead atoms. The molecule has 18 heavy (non-hydrogen) atoms. The third-order valence-corrected chi connectivity index (χ3v) is 2.50. The highest BCUT2D eigenvalue weighted by atomic mass is 16.4. The van der Waals surface area contributed by atoms with Gasteiger partial charge in [-0.15, -0.1) is 0 Å². The highest BCUT2D eigenvalue weighted by molar-refractivity contribution is 5.78. The lowest BCUT2D eigenvalue weighted by atomic mass is 10.1. The number of carbonyl (C=O) groups excluding carboxylic acids is 1. The summed E-state index contributed by atoms with van der Waals surface area (Å²) in [5.41, 5.74) is 0.802. The molecule has 0 spiro atoms.